The van der Waals surface area contributed by atoms with E-state index in [4.69, 9.17) is 0 Å². The fourth-order valence-electron chi connectivity index (χ4n) is 2.56. The summed E-state index contributed by atoms with van der Waals surface area (Å²) >= 11 is 0. The highest BCUT2D eigenvalue weighted by Crippen LogP contribution is 2.33. The molecule has 1 amide bonds. The van der Waals surface area contributed by atoms with Crippen LogP contribution >= 0.6 is 0 Å². The number of carbonyl (C=O) groups is 1. The normalized spacial score (nSPS) is 18.6. The summed E-state index contributed by atoms with van der Waals surface area (Å²) < 4.78 is 64.0. The van der Waals surface area contributed by atoms with E-state index in [2.05, 4.69) is 11.3 Å². The molecular weight excluding hydrogens is 345 g/mol. The Hall–Kier alpha value is -1.87. The molecule has 0 bridgehead atoms. The number of carbonyl (C=O) groups excluding carboxylic acids is 1. The van der Waals surface area contributed by atoms with Crippen LogP contribution in [0.3, 0.4) is 0 Å². The van der Waals surface area contributed by atoms with Gasteiger partial charge in [0.1, 0.15) is 0 Å². The van der Waals surface area contributed by atoms with Crippen molar-refractivity contribution in [2.45, 2.75) is 12.6 Å². The molecule has 0 spiro atoms. The van der Waals surface area contributed by atoms with Crippen LogP contribution in [0.25, 0.3) is 0 Å². The number of benzene rings is 1. The monoisotopic (exact) mass is 362 g/mol. The number of amides is 1. The summed E-state index contributed by atoms with van der Waals surface area (Å²) in [6.07, 6.45) is -4.09. The lowest BCUT2D eigenvalue weighted by Gasteiger charge is -2.19. The minimum absolute atomic E-state index is 0.110. The highest BCUT2D eigenvalue weighted by molar-refractivity contribution is 7.92. The van der Waals surface area contributed by atoms with Gasteiger partial charge in [-0.15, -0.1) is 0 Å². The highest BCUT2D eigenvalue weighted by Gasteiger charge is 2.37. The van der Waals surface area contributed by atoms with E-state index < -0.39 is 33.2 Å². The SMILES string of the molecule is C=CS(=O)(=O)NCC1CCN(C(=O)c2ccccc2C(F)(F)F)C1. The molecule has 1 heterocycles. The summed E-state index contributed by atoms with van der Waals surface area (Å²) in [7, 11) is -3.56. The Bertz CT molecular complexity index is 732. The molecule has 2 rings (SSSR count). The van der Waals surface area contributed by atoms with E-state index in [0.717, 1.165) is 17.5 Å². The van der Waals surface area contributed by atoms with Crippen molar-refractivity contribution >= 4 is 15.9 Å². The maximum Gasteiger partial charge on any atom is 0.417 e. The fraction of sp³-hybridized carbons (Fsp3) is 0.400. The quantitative estimate of drug-likeness (QED) is 0.874. The van der Waals surface area contributed by atoms with E-state index in [1.54, 1.807) is 0 Å². The molecular formula is C15H17F3N2O3S. The predicted molar refractivity (Wildman–Crippen MR) is 82.6 cm³/mol. The lowest BCUT2D eigenvalue weighted by Crippen LogP contribution is -2.33. The summed E-state index contributed by atoms with van der Waals surface area (Å²) in [6, 6.07) is 4.64. The van der Waals surface area contributed by atoms with Crippen molar-refractivity contribution in [3.8, 4) is 0 Å². The van der Waals surface area contributed by atoms with Gasteiger partial charge in [-0.3, -0.25) is 4.79 Å². The van der Waals surface area contributed by atoms with E-state index in [9.17, 15) is 26.4 Å². The molecule has 1 saturated heterocycles. The zero-order chi connectivity index (χ0) is 18.0. The van der Waals surface area contributed by atoms with Gasteiger partial charge in [0.2, 0.25) is 10.0 Å². The van der Waals surface area contributed by atoms with E-state index >= 15 is 0 Å². The van der Waals surface area contributed by atoms with Gasteiger partial charge in [-0.2, -0.15) is 13.2 Å². The third kappa shape index (κ3) is 4.35. The second kappa shape index (κ2) is 6.94. The molecule has 1 aromatic carbocycles. The van der Waals surface area contributed by atoms with Crippen molar-refractivity contribution in [2.75, 3.05) is 19.6 Å². The van der Waals surface area contributed by atoms with Gasteiger partial charge in [0, 0.05) is 25.0 Å². The molecule has 1 fully saturated rings. The number of nitrogens with one attached hydrogen (secondary N) is 1. The van der Waals surface area contributed by atoms with Crippen molar-refractivity contribution in [3.63, 3.8) is 0 Å². The van der Waals surface area contributed by atoms with Crippen molar-refractivity contribution < 1.29 is 26.4 Å². The lowest BCUT2D eigenvalue weighted by atomic mass is 10.1. The van der Waals surface area contributed by atoms with Gasteiger partial charge < -0.3 is 4.90 Å². The van der Waals surface area contributed by atoms with E-state index in [1.807, 2.05) is 0 Å². The van der Waals surface area contributed by atoms with Gasteiger partial charge in [-0.05, 0) is 24.5 Å². The average Bonchev–Trinajstić information content (AvgIpc) is 3.00. The number of rotatable bonds is 5. The van der Waals surface area contributed by atoms with Crippen LogP contribution in [-0.4, -0.2) is 38.9 Å². The lowest BCUT2D eigenvalue weighted by molar-refractivity contribution is -0.138. The van der Waals surface area contributed by atoms with E-state index in [-0.39, 0.29) is 25.6 Å². The Kier molecular flexibility index (Phi) is 5.34. The van der Waals surface area contributed by atoms with E-state index in [1.165, 1.54) is 17.0 Å². The Morgan fingerprint density at radius 2 is 2.04 bits per heavy atom. The number of nitrogens with zero attached hydrogens (tertiary/aromatic N) is 1. The first-order valence-corrected chi connectivity index (χ1v) is 8.76. The molecule has 0 aliphatic carbocycles. The molecule has 1 unspecified atom stereocenters. The van der Waals surface area contributed by atoms with Gasteiger partial charge in [-0.1, -0.05) is 18.7 Å². The van der Waals surface area contributed by atoms with Crippen molar-refractivity contribution in [1.29, 1.82) is 0 Å². The summed E-state index contributed by atoms with van der Waals surface area (Å²) in [5.74, 6) is -0.848. The van der Waals surface area contributed by atoms with Crippen LogP contribution < -0.4 is 4.72 Å². The molecule has 132 valence electrons. The number of hydrogen-bond acceptors (Lipinski definition) is 3. The van der Waals surface area contributed by atoms with Gasteiger partial charge in [0.25, 0.3) is 5.91 Å². The highest BCUT2D eigenvalue weighted by atomic mass is 32.2. The minimum atomic E-state index is -4.61. The zero-order valence-electron chi connectivity index (χ0n) is 12.7. The molecule has 1 aliphatic rings. The first kappa shape index (κ1) is 18.5. The van der Waals surface area contributed by atoms with Crippen LogP contribution in [0.5, 0.6) is 0 Å². The molecule has 0 radical (unpaired) electrons. The number of likely N-dealkylation sites (tertiary alicyclic amines) is 1. The Morgan fingerprint density at radius 3 is 2.67 bits per heavy atom. The van der Waals surface area contributed by atoms with Crippen LogP contribution in [0.4, 0.5) is 13.2 Å². The minimum Gasteiger partial charge on any atom is -0.338 e. The zero-order valence-corrected chi connectivity index (χ0v) is 13.5. The molecule has 0 saturated carbocycles. The van der Waals surface area contributed by atoms with Crippen LogP contribution in [0, 0.1) is 5.92 Å². The summed E-state index contributed by atoms with van der Waals surface area (Å²) in [6.45, 7) is 3.76. The van der Waals surface area contributed by atoms with Crippen LogP contribution in [-0.2, 0) is 16.2 Å². The van der Waals surface area contributed by atoms with E-state index in [0.29, 0.717) is 6.42 Å². The average molecular weight is 362 g/mol. The second-order valence-electron chi connectivity index (χ2n) is 5.51. The van der Waals surface area contributed by atoms with Crippen molar-refractivity contribution in [3.05, 3.63) is 47.4 Å². The maximum absolute atomic E-state index is 13.0. The molecule has 1 aliphatic heterocycles. The third-order valence-corrected chi connectivity index (χ3v) is 4.84. The van der Waals surface area contributed by atoms with Crippen molar-refractivity contribution in [1.82, 2.24) is 9.62 Å². The van der Waals surface area contributed by atoms with Gasteiger partial charge in [0.15, 0.2) is 0 Å². The molecule has 24 heavy (non-hydrogen) atoms. The molecule has 9 heteroatoms. The topological polar surface area (TPSA) is 66.5 Å². The first-order valence-electron chi connectivity index (χ1n) is 7.21. The van der Waals surface area contributed by atoms with Gasteiger partial charge in [-0.25, -0.2) is 13.1 Å². The molecule has 1 N–H and O–H groups in total. The summed E-state index contributed by atoms with van der Waals surface area (Å²) in [4.78, 5) is 13.7. The second-order valence-corrected chi connectivity index (χ2v) is 7.22. The van der Waals surface area contributed by atoms with Gasteiger partial charge in [0.05, 0.1) is 11.1 Å². The number of alkyl halides is 3. The maximum atomic E-state index is 13.0. The summed E-state index contributed by atoms with van der Waals surface area (Å²) in [5, 5.41) is 0.782. The fourth-order valence-corrected chi connectivity index (χ4v) is 3.15. The number of hydrogen-bond donors (Lipinski definition) is 1. The predicted octanol–water partition coefficient (Wildman–Crippen LogP) is 2.23. The Balaban J connectivity index is 2.07. The number of sulfonamides is 1. The smallest absolute Gasteiger partial charge is 0.338 e. The Morgan fingerprint density at radius 1 is 1.38 bits per heavy atom. The molecule has 1 aromatic rings. The summed E-state index contributed by atoms with van der Waals surface area (Å²) in [5.41, 5.74) is -1.36. The molecule has 0 aromatic heterocycles. The van der Waals surface area contributed by atoms with Crippen LogP contribution in [0.15, 0.2) is 36.3 Å². The standard InChI is InChI=1S/C15H17F3N2O3S/c1-2-24(22,23)19-9-11-7-8-20(10-11)14(21)12-5-3-4-6-13(12)15(16,17)18/h2-6,11,19H,1,7-10H2. The number of halogens is 3. The first-order chi connectivity index (χ1) is 11.1. The largest absolute Gasteiger partial charge is 0.417 e. The molecule has 1 atom stereocenters. The third-order valence-electron chi connectivity index (χ3n) is 3.83. The van der Waals surface area contributed by atoms with Crippen LogP contribution in [0.2, 0.25) is 0 Å². The van der Waals surface area contributed by atoms with Crippen molar-refractivity contribution in [2.24, 2.45) is 5.92 Å². The molecule has 5 nitrogen and oxygen atoms in total. The van der Waals surface area contributed by atoms with Crippen LogP contribution in [0.1, 0.15) is 22.3 Å². The Labute approximate surface area is 138 Å². The van der Waals surface area contributed by atoms with Gasteiger partial charge >= 0.3 is 6.18 Å².